The lowest BCUT2D eigenvalue weighted by Gasteiger charge is -2.06. The van der Waals surface area contributed by atoms with Crippen LogP contribution in [0.2, 0.25) is 0 Å². The Hall–Kier alpha value is -4.69. The van der Waals surface area contributed by atoms with Crippen molar-refractivity contribution in [3.8, 4) is 6.07 Å². The molecule has 0 bridgehead atoms. The van der Waals surface area contributed by atoms with Crippen molar-refractivity contribution in [2.24, 2.45) is 15.2 Å². The van der Waals surface area contributed by atoms with Crippen molar-refractivity contribution in [1.82, 2.24) is 9.38 Å². The number of nitrogens with zero attached hydrogens (tertiary/aromatic N) is 5. The molecule has 2 heterocycles. The second kappa shape index (κ2) is 11.4. The Bertz CT molecular complexity index is 2060. The third kappa shape index (κ3) is 5.64. The Balaban J connectivity index is 1.52. The van der Waals surface area contributed by atoms with Gasteiger partial charge < -0.3 is 4.98 Å². The highest BCUT2D eigenvalue weighted by molar-refractivity contribution is 7.94. The van der Waals surface area contributed by atoms with Crippen LogP contribution in [-0.4, -0.2) is 33.8 Å². The number of benzene rings is 3. The monoisotopic (exact) mass is 590 g/mol. The topological polar surface area (TPSA) is 191 Å². The standard InChI is InChI=1S/C26H18N6O7S2/c1-15-20(13-27)25-29-21-4-2-3-5-22(21)32(25)26(33)24(15)28-14-16-6-7-18(12-23(16)41(35,36)37)31-30-17-8-10-19(11-9-17)40-39-38-34/h2-12,14,29,34H,1H3,(H,35,36,37). The Morgan fingerprint density at radius 2 is 1.78 bits per heavy atom. The molecule has 15 heteroatoms. The molecule has 5 rings (SSSR count). The van der Waals surface area contributed by atoms with Gasteiger partial charge in [-0.1, -0.05) is 17.2 Å². The van der Waals surface area contributed by atoms with Gasteiger partial charge in [-0.05, 0) is 61.5 Å². The first-order chi connectivity index (χ1) is 19.7. The molecule has 5 aromatic rings. The maximum Gasteiger partial charge on any atom is 0.295 e. The molecule has 2 aromatic heterocycles. The van der Waals surface area contributed by atoms with Crippen molar-refractivity contribution in [3.05, 3.63) is 93.8 Å². The number of imidazole rings is 1. The zero-order valence-electron chi connectivity index (χ0n) is 20.9. The lowest BCUT2D eigenvalue weighted by Crippen LogP contribution is -2.15. The number of nitriles is 1. The molecular formula is C26H18N6O7S2. The summed E-state index contributed by atoms with van der Waals surface area (Å²) >= 11 is 0.768. The summed E-state index contributed by atoms with van der Waals surface area (Å²) in [7, 11) is -4.73. The van der Waals surface area contributed by atoms with E-state index in [0.29, 0.717) is 32.8 Å². The van der Waals surface area contributed by atoms with Crippen molar-refractivity contribution >= 4 is 62.1 Å². The molecule has 0 spiro atoms. The maximum atomic E-state index is 13.4. The largest absolute Gasteiger partial charge is 0.338 e. The zero-order chi connectivity index (χ0) is 29.1. The summed E-state index contributed by atoms with van der Waals surface area (Å²) in [6.45, 7) is 1.57. The number of aliphatic imine (C=N–C) groups is 1. The molecule has 0 aliphatic carbocycles. The number of hydrogen-bond donors (Lipinski definition) is 3. The number of rotatable bonds is 8. The van der Waals surface area contributed by atoms with Gasteiger partial charge in [-0.2, -0.15) is 23.9 Å². The fourth-order valence-corrected chi connectivity index (χ4v) is 5.15. The first-order valence-corrected chi connectivity index (χ1v) is 13.8. The van der Waals surface area contributed by atoms with Crippen LogP contribution in [0.15, 0.2) is 96.5 Å². The van der Waals surface area contributed by atoms with E-state index in [1.807, 2.05) is 0 Å². The normalized spacial score (nSPS) is 12.1. The van der Waals surface area contributed by atoms with Gasteiger partial charge in [-0.3, -0.25) is 18.7 Å². The van der Waals surface area contributed by atoms with Crippen LogP contribution in [0.1, 0.15) is 16.7 Å². The number of azo groups is 1. The van der Waals surface area contributed by atoms with E-state index in [4.69, 9.17) is 5.26 Å². The number of aromatic nitrogens is 2. The van der Waals surface area contributed by atoms with Crippen LogP contribution >= 0.6 is 12.0 Å². The molecule has 0 aliphatic rings. The van der Waals surface area contributed by atoms with E-state index in [1.165, 1.54) is 16.5 Å². The Kier molecular flexibility index (Phi) is 7.77. The first-order valence-electron chi connectivity index (χ1n) is 11.6. The van der Waals surface area contributed by atoms with Crippen molar-refractivity contribution in [3.63, 3.8) is 0 Å². The van der Waals surface area contributed by atoms with Gasteiger partial charge in [0, 0.05) is 22.2 Å². The second-order valence-electron chi connectivity index (χ2n) is 8.47. The lowest BCUT2D eigenvalue weighted by atomic mass is 10.1. The van der Waals surface area contributed by atoms with E-state index >= 15 is 0 Å². The summed E-state index contributed by atoms with van der Waals surface area (Å²) in [5, 5.41) is 29.6. The first kappa shape index (κ1) is 27.9. The molecule has 0 fully saturated rings. The zero-order valence-corrected chi connectivity index (χ0v) is 22.5. The number of fused-ring (bicyclic) bond motifs is 3. The SMILES string of the molecule is Cc1c(N=Cc2ccc(N=Nc3ccc(SOOO)cc3)cc2S(=O)(=O)O)c(=O)n2c([nH]c3ccccc32)c1C#N. The summed E-state index contributed by atoms with van der Waals surface area (Å²) in [6, 6.07) is 19.5. The number of hydrogen-bond acceptors (Lipinski definition) is 11. The van der Waals surface area contributed by atoms with E-state index in [9.17, 15) is 23.0 Å². The summed E-state index contributed by atoms with van der Waals surface area (Å²) in [5.41, 5.74) is 2.00. The van der Waals surface area contributed by atoms with E-state index in [1.54, 1.807) is 55.5 Å². The minimum Gasteiger partial charge on any atom is -0.338 e. The Morgan fingerprint density at radius 1 is 1.07 bits per heavy atom. The van der Waals surface area contributed by atoms with Crippen molar-refractivity contribution in [2.45, 2.75) is 16.7 Å². The van der Waals surface area contributed by atoms with Crippen molar-refractivity contribution in [2.75, 3.05) is 0 Å². The maximum absolute atomic E-state index is 13.4. The molecular weight excluding hydrogens is 572 g/mol. The minimum absolute atomic E-state index is 0.0136. The molecule has 0 amide bonds. The lowest BCUT2D eigenvalue weighted by molar-refractivity contribution is -0.432. The molecule has 0 saturated heterocycles. The highest BCUT2D eigenvalue weighted by Gasteiger charge is 2.19. The third-order valence-corrected chi connectivity index (χ3v) is 7.50. The number of pyridine rings is 1. The van der Waals surface area contributed by atoms with Gasteiger partial charge in [-0.15, -0.1) is 4.33 Å². The molecule has 0 radical (unpaired) electrons. The molecule has 3 N–H and O–H groups in total. The molecule has 206 valence electrons. The van der Waals surface area contributed by atoms with Gasteiger partial charge >= 0.3 is 0 Å². The van der Waals surface area contributed by atoms with Crippen LogP contribution in [0, 0.1) is 18.3 Å². The summed E-state index contributed by atoms with van der Waals surface area (Å²) < 4.78 is 40.0. The predicted octanol–water partition coefficient (Wildman–Crippen LogP) is 5.80. The third-order valence-electron chi connectivity index (χ3n) is 5.99. The van der Waals surface area contributed by atoms with Gasteiger partial charge in [0.05, 0.1) is 40.0 Å². The molecule has 3 aromatic carbocycles. The molecule has 0 aliphatic heterocycles. The van der Waals surface area contributed by atoms with E-state index in [2.05, 4.69) is 35.6 Å². The second-order valence-corrected chi connectivity index (χ2v) is 10.6. The summed E-state index contributed by atoms with van der Waals surface area (Å²) in [4.78, 5) is 20.9. The Labute approximate surface area is 235 Å². The average Bonchev–Trinajstić information content (AvgIpc) is 3.35. The smallest absolute Gasteiger partial charge is 0.295 e. The van der Waals surface area contributed by atoms with Crippen molar-refractivity contribution in [1.29, 1.82) is 5.26 Å². The van der Waals surface area contributed by atoms with Gasteiger partial charge in [0.2, 0.25) is 0 Å². The van der Waals surface area contributed by atoms with Crippen molar-refractivity contribution < 1.29 is 27.6 Å². The van der Waals surface area contributed by atoms with Crippen LogP contribution in [0.3, 0.4) is 0 Å². The molecule has 41 heavy (non-hydrogen) atoms. The molecule has 0 unspecified atom stereocenters. The summed E-state index contributed by atoms with van der Waals surface area (Å²) in [5.74, 6) is 0. The number of para-hydroxylation sites is 2. The fraction of sp³-hybridized carbons (Fsp3) is 0.0385. The fourth-order valence-electron chi connectivity index (χ4n) is 4.10. The number of H-pyrrole nitrogens is 1. The van der Waals surface area contributed by atoms with Crippen LogP contribution < -0.4 is 5.56 Å². The van der Waals surface area contributed by atoms with Crippen LogP contribution in [0.25, 0.3) is 16.7 Å². The van der Waals surface area contributed by atoms with E-state index in [0.717, 1.165) is 24.3 Å². The van der Waals surface area contributed by atoms with Gasteiger partial charge in [0.1, 0.15) is 22.3 Å². The highest BCUT2D eigenvalue weighted by Crippen LogP contribution is 2.28. The van der Waals surface area contributed by atoms with Crippen LogP contribution in [-0.2, 0) is 19.5 Å². The summed E-state index contributed by atoms with van der Waals surface area (Å²) in [6.07, 6.45) is 1.13. The van der Waals surface area contributed by atoms with Crippen LogP contribution in [0.4, 0.5) is 17.1 Å². The Morgan fingerprint density at radius 3 is 2.49 bits per heavy atom. The number of nitrogens with one attached hydrogen (secondary N) is 1. The van der Waals surface area contributed by atoms with Gasteiger partial charge in [0.25, 0.3) is 15.7 Å². The average molecular weight is 591 g/mol. The van der Waals surface area contributed by atoms with Crippen LogP contribution in [0.5, 0.6) is 0 Å². The minimum atomic E-state index is -4.73. The predicted molar refractivity (Wildman–Crippen MR) is 150 cm³/mol. The van der Waals surface area contributed by atoms with Gasteiger partial charge in [-0.25, -0.2) is 5.26 Å². The highest BCUT2D eigenvalue weighted by atomic mass is 32.2. The quantitative estimate of drug-likeness (QED) is 0.0500. The molecule has 0 atom stereocenters. The van der Waals surface area contributed by atoms with E-state index < -0.39 is 20.6 Å². The van der Waals surface area contributed by atoms with Gasteiger partial charge in [0.15, 0.2) is 0 Å². The molecule has 13 nitrogen and oxygen atoms in total. The van der Waals surface area contributed by atoms with E-state index in [-0.39, 0.29) is 22.5 Å². The number of aromatic amines is 1. The molecule has 0 saturated carbocycles.